The molecule has 33 valence electrons. The number of hydrogen-bond donors (Lipinski definition) is 1. The summed E-state index contributed by atoms with van der Waals surface area (Å²) in [7, 11) is 0. The van der Waals surface area contributed by atoms with Crippen molar-refractivity contribution < 1.29 is 26.2 Å². The zero-order valence-electron chi connectivity index (χ0n) is 3.86. The summed E-state index contributed by atoms with van der Waals surface area (Å²) in [6, 6.07) is 0. The van der Waals surface area contributed by atoms with Gasteiger partial charge in [0.25, 0.3) is 0 Å². The molecule has 0 spiro atoms. The molecule has 0 aliphatic rings. The van der Waals surface area contributed by atoms with Gasteiger partial charge in [-0.1, -0.05) is 6.08 Å². The Kier molecular flexibility index (Phi) is 8.73. The first-order valence-corrected chi connectivity index (χ1v) is 1.51. The van der Waals surface area contributed by atoms with Crippen LogP contribution in [0.25, 0.3) is 0 Å². The Bertz CT molecular complexity index is 45.5. The van der Waals surface area contributed by atoms with Crippen LogP contribution in [0.5, 0.6) is 0 Å². The summed E-state index contributed by atoms with van der Waals surface area (Å²) < 4.78 is 0. The number of hydrogen-bond acceptors (Lipinski definition) is 1. The minimum absolute atomic E-state index is 0. The monoisotopic (exact) mass is 160 g/mol. The van der Waals surface area contributed by atoms with Gasteiger partial charge in [0.2, 0.25) is 0 Å². The van der Waals surface area contributed by atoms with Crippen molar-refractivity contribution in [3.05, 3.63) is 18.7 Å². The van der Waals surface area contributed by atoms with Gasteiger partial charge in [-0.3, -0.25) is 0 Å². The first-order chi connectivity index (χ1) is 2.27. The van der Waals surface area contributed by atoms with Crippen LogP contribution in [0.15, 0.2) is 11.8 Å². The van der Waals surface area contributed by atoms with Gasteiger partial charge in [0.05, 0.1) is 0 Å². The topological polar surface area (TPSA) is 26.0 Å². The van der Waals surface area contributed by atoms with Crippen molar-refractivity contribution >= 4 is 0 Å². The van der Waals surface area contributed by atoms with Gasteiger partial charge in [-0.2, -0.15) is 0 Å². The van der Waals surface area contributed by atoms with E-state index in [1.54, 1.807) is 6.08 Å². The van der Waals surface area contributed by atoms with E-state index >= 15 is 0 Å². The molecule has 0 atom stereocenters. The Labute approximate surface area is 57.7 Å². The maximum atomic E-state index is 5.04. The van der Waals surface area contributed by atoms with E-state index < -0.39 is 0 Å². The summed E-state index contributed by atoms with van der Waals surface area (Å²) in [6.45, 7) is 5.25. The van der Waals surface area contributed by atoms with Gasteiger partial charge in [0.1, 0.15) is 0 Å². The molecule has 0 unspecified atom stereocenters. The molecular weight excluding hydrogens is 153 g/mol. The normalized spacial score (nSPS) is 10.0. The molecule has 0 bridgehead atoms. The first kappa shape index (κ1) is 9.66. The van der Waals surface area contributed by atoms with E-state index in [9.17, 15) is 0 Å². The Morgan fingerprint density at radius 1 is 1.83 bits per heavy atom. The Balaban J connectivity index is 0. The molecule has 6 heavy (non-hydrogen) atoms. The number of nitrogens with two attached hydrogens (primary N) is 1. The molecule has 0 fully saturated rings. The van der Waals surface area contributed by atoms with Gasteiger partial charge in [-0.25, -0.2) is 0 Å². The molecule has 0 heterocycles. The van der Waals surface area contributed by atoms with Crippen molar-refractivity contribution in [2.45, 2.75) is 6.92 Å². The fourth-order valence-corrected chi connectivity index (χ4v) is 0. The summed E-state index contributed by atoms with van der Waals surface area (Å²) in [5.74, 6) is 0. The quantitative estimate of drug-likeness (QED) is 0.555. The summed E-state index contributed by atoms with van der Waals surface area (Å²) in [5, 5.41) is 0. The SMILES string of the molecule is [CH2]C(N)=CC.[Zr]. The van der Waals surface area contributed by atoms with Crippen molar-refractivity contribution in [2.75, 3.05) is 0 Å². The molecule has 0 saturated carbocycles. The van der Waals surface area contributed by atoms with Crippen molar-refractivity contribution in [3.8, 4) is 0 Å². The second-order valence-electron chi connectivity index (χ2n) is 0.864. The smallest absolute Gasteiger partial charge is 0.00410 e. The van der Waals surface area contributed by atoms with Gasteiger partial charge in [-0.05, 0) is 13.8 Å². The molecule has 1 radical (unpaired) electrons. The maximum absolute atomic E-state index is 5.04. The van der Waals surface area contributed by atoms with Crippen LogP contribution in [0, 0.1) is 6.92 Å². The Hall–Kier alpha value is 0.423. The number of rotatable bonds is 0. The molecule has 0 rings (SSSR count). The van der Waals surface area contributed by atoms with Crippen LogP contribution in [0.1, 0.15) is 6.92 Å². The van der Waals surface area contributed by atoms with Gasteiger partial charge >= 0.3 is 0 Å². The Morgan fingerprint density at radius 3 is 2.00 bits per heavy atom. The second-order valence-corrected chi connectivity index (χ2v) is 0.864. The second kappa shape index (κ2) is 5.42. The molecule has 0 aromatic carbocycles. The van der Waals surface area contributed by atoms with Crippen molar-refractivity contribution in [3.63, 3.8) is 0 Å². The molecule has 0 aromatic rings. The average molecular weight is 161 g/mol. The van der Waals surface area contributed by atoms with Crippen molar-refractivity contribution in [1.82, 2.24) is 0 Å². The summed E-state index contributed by atoms with van der Waals surface area (Å²) in [5.41, 5.74) is 5.67. The van der Waals surface area contributed by atoms with Crippen LogP contribution in [0.3, 0.4) is 0 Å². The van der Waals surface area contributed by atoms with Crippen LogP contribution in [0.2, 0.25) is 0 Å². The van der Waals surface area contributed by atoms with E-state index in [0.717, 1.165) is 0 Å². The van der Waals surface area contributed by atoms with E-state index in [4.69, 9.17) is 5.73 Å². The molecular formula is C4H8NZr. The number of allylic oxidation sites excluding steroid dienone is 2. The first-order valence-electron chi connectivity index (χ1n) is 1.51. The molecule has 2 heteroatoms. The summed E-state index contributed by atoms with van der Waals surface area (Å²) in [4.78, 5) is 0. The van der Waals surface area contributed by atoms with Crippen LogP contribution in [-0.4, -0.2) is 0 Å². The molecule has 0 aromatic heterocycles. The minimum Gasteiger partial charge on any atom is -0.402 e. The zero-order valence-corrected chi connectivity index (χ0v) is 6.32. The molecule has 0 aliphatic heterocycles. The summed E-state index contributed by atoms with van der Waals surface area (Å²) in [6.07, 6.45) is 1.75. The third kappa shape index (κ3) is 8.83. The van der Waals surface area contributed by atoms with Crippen molar-refractivity contribution in [1.29, 1.82) is 0 Å². The third-order valence-corrected chi connectivity index (χ3v) is 0.371. The molecule has 0 saturated heterocycles. The van der Waals surface area contributed by atoms with Crippen LogP contribution in [-0.2, 0) is 26.2 Å². The van der Waals surface area contributed by atoms with E-state index in [0.29, 0.717) is 5.70 Å². The van der Waals surface area contributed by atoms with E-state index in [-0.39, 0.29) is 26.2 Å². The molecule has 0 aliphatic carbocycles. The zero-order chi connectivity index (χ0) is 4.28. The fraction of sp³-hybridized carbons (Fsp3) is 0.250. The van der Waals surface area contributed by atoms with Gasteiger partial charge in [-0.15, -0.1) is 0 Å². The van der Waals surface area contributed by atoms with Crippen LogP contribution >= 0.6 is 0 Å². The van der Waals surface area contributed by atoms with Gasteiger partial charge < -0.3 is 5.73 Å². The molecule has 0 amide bonds. The largest absolute Gasteiger partial charge is 0.402 e. The Morgan fingerprint density at radius 2 is 2.00 bits per heavy atom. The molecule has 1 nitrogen and oxygen atoms in total. The van der Waals surface area contributed by atoms with Gasteiger partial charge in [0, 0.05) is 31.9 Å². The van der Waals surface area contributed by atoms with E-state index in [1.165, 1.54) is 0 Å². The van der Waals surface area contributed by atoms with Crippen molar-refractivity contribution in [2.24, 2.45) is 5.73 Å². The predicted molar refractivity (Wildman–Crippen MR) is 23.3 cm³/mol. The minimum atomic E-state index is 0. The maximum Gasteiger partial charge on any atom is 0.00410 e. The standard InChI is InChI=1S/C4H8N.Zr/c1-3-4(2)5;/h3H,2,5H2,1H3;. The predicted octanol–water partition coefficient (Wildman–Crippen LogP) is 0.680. The average Bonchev–Trinajstić information content (AvgIpc) is 1.38. The van der Waals surface area contributed by atoms with E-state index in [2.05, 4.69) is 6.92 Å². The fourth-order valence-electron chi connectivity index (χ4n) is 0. The van der Waals surface area contributed by atoms with Crippen LogP contribution < -0.4 is 5.73 Å². The third-order valence-electron chi connectivity index (χ3n) is 0.371. The summed E-state index contributed by atoms with van der Waals surface area (Å²) >= 11 is 0. The molecule has 2 N–H and O–H groups in total. The van der Waals surface area contributed by atoms with E-state index in [1.807, 2.05) is 6.92 Å². The van der Waals surface area contributed by atoms with Gasteiger partial charge in [0.15, 0.2) is 0 Å². The van der Waals surface area contributed by atoms with Crippen LogP contribution in [0.4, 0.5) is 0 Å².